The van der Waals surface area contributed by atoms with E-state index in [0.717, 1.165) is 25.3 Å². The van der Waals surface area contributed by atoms with Crippen LogP contribution in [0.4, 0.5) is 19.4 Å². The van der Waals surface area contributed by atoms with E-state index in [0.29, 0.717) is 48.1 Å². The molecule has 4 rings (SSSR count). The minimum atomic E-state index is -2.68. The fraction of sp³-hybridized carbons (Fsp3) is 0.607. The molecule has 2 aliphatic rings. The van der Waals surface area contributed by atoms with Gasteiger partial charge < -0.3 is 15.4 Å². The molecule has 3 amide bonds. The van der Waals surface area contributed by atoms with Crippen LogP contribution in [0, 0.1) is 5.92 Å². The Balaban J connectivity index is 1.37. The highest BCUT2D eigenvalue weighted by Gasteiger charge is 2.33. The van der Waals surface area contributed by atoms with Crippen molar-refractivity contribution < 1.29 is 23.1 Å². The van der Waals surface area contributed by atoms with Crippen molar-refractivity contribution in [2.45, 2.75) is 96.7 Å². The molecule has 1 atom stereocenters. The van der Waals surface area contributed by atoms with Crippen molar-refractivity contribution in [1.29, 1.82) is 0 Å². The fourth-order valence-corrected chi connectivity index (χ4v) is 4.72. The first-order valence-electron chi connectivity index (χ1n) is 13.6. The number of alkyl halides is 2. The van der Waals surface area contributed by atoms with E-state index in [9.17, 15) is 18.4 Å². The van der Waals surface area contributed by atoms with Crippen LogP contribution in [0.1, 0.15) is 80.9 Å². The number of hydrogen-bond donors (Lipinski definition) is 3. The van der Waals surface area contributed by atoms with Gasteiger partial charge in [-0.1, -0.05) is 25.0 Å². The van der Waals surface area contributed by atoms with Crippen LogP contribution in [0.2, 0.25) is 0 Å². The molecule has 0 unspecified atom stereocenters. The van der Waals surface area contributed by atoms with Crippen molar-refractivity contribution in [1.82, 2.24) is 20.4 Å². The monoisotopic (exact) mass is 531 g/mol. The van der Waals surface area contributed by atoms with E-state index in [2.05, 4.69) is 16.0 Å². The molecule has 0 radical (unpaired) electrons. The van der Waals surface area contributed by atoms with Gasteiger partial charge in [0.2, 0.25) is 5.92 Å². The van der Waals surface area contributed by atoms with E-state index in [1.54, 1.807) is 4.68 Å². The number of aromatic nitrogens is 2. The van der Waals surface area contributed by atoms with Crippen LogP contribution in [-0.4, -0.2) is 46.3 Å². The van der Waals surface area contributed by atoms with Gasteiger partial charge in [0.25, 0.3) is 5.91 Å². The molecule has 8 nitrogen and oxygen atoms in total. The third-order valence-electron chi connectivity index (χ3n) is 6.83. The zero-order valence-electron chi connectivity index (χ0n) is 22.5. The smallest absolute Gasteiger partial charge is 0.320 e. The lowest BCUT2D eigenvalue weighted by Gasteiger charge is -2.23. The van der Waals surface area contributed by atoms with Gasteiger partial charge in [-0.25, -0.2) is 18.3 Å². The van der Waals surface area contributed by atoms with Gasteiger partial charge in [0, 0.05) is 31.5 Å². The number of carbonyl (C=O) groups is 2. The van der Waals surface area contributed by atoms with Crippen molar-refractivity contribution in [2.24, 2.45) is 5.92 Å². The highest BCUT2D eigenvalue weighted by molar-refractivity contribution is 6.04. The number of rotatable bonds is 13. The third kappa shape index (κ3) is 8.16. The average Bonchev–Trinajstić information content (AvgIpc) is 3.60. The molecular formula is C28H39F2N5O3. The minimum absolute atomic E-state index is 0.0307. The molecule has 1 aromatic carbocycles. The van der Waals surface area contributed by atoms with Crippen molar-refractivity contribution in [3.63, 3.8) is 0 Å². The van der Waals surface area contributed by atoms with Crippen molar-refractivity contribution in [3.05, 3.63) is 41.1 Å². The van der Waals surface area contributed by atoms with Crippen molar-refractivity contribution >= 4 is 17.8 Å². The van der Waals surface area contributed by atoms with Gasteiger partial charge in [-0.05, 0) is 70.1 Å². The number of fused-ring (bicyclic) bond motifs is 1. The predicted octanol–water partition coefficient (Wildman–Crippen LogP) is 5.31. The van der Waals surface area contributed by atoms with Gasteiger partial charge in [-0.3, -0.25) is 10.1 Å². The number of hydrogen-bond acceptors (Lipinski definition) is 4. The first kappa shape index (κ1) is 27.9. The summed E-state index contributed by atoms with van der Waals surface area (Å²) in [5, 5.41) is 13.5. The molecule has 0 spiro atoms. The molecule has 208 valence electrons. The molecule has 3 N–H and O–H groups in total. The van der Waals surface area contributed by atoms with E-state index < -0.39 is 5.92 Å². The SMILES string of the molecule is CC(C)NC(=O)Nc1c2c(nn1CCC1CC1)C[C@H](CCc1cccc(OCCCC(C)(F)F)c1)NC2=O. The molecule has 0 saturated heterocycles. The Bertz CT molecular complexity index is 1120. The molecule has 2 aromatic rings. The van der Waals surface area contributed by atoms with Gasteiger partial charge in [-0.15, -0.1) is 0 Å². The van der Waals surface area contributed by atoms with Gasteiger partial charge in [0.1, 0.15) is 17.1 Å². The number of amides is 3. The van der Waals surface area contributed by atoms with E-state index >= 15 is 0 Å². The Kier molecular flexibility index (Phi) is 8.89. The van der Waals surface area contributed by atoms with Crippen LogP contribution in [0.5, 0.6) is 5.75 Å². The van der Waals surface area contributed by atoms with Crippen LogP contribution in [0.25, 0.3) is 0 Å². The van der Waals surface area contributed by atoms with Gasteiger partial charge in [0.05, 0.1) is 12.3 Å². The van der Waals surface area contributed by atoms with Gasteiger partial charge in [-0.2, -0.15) is 5.10 Å². The van der Waals surface area contributed by atoms with E-state index in [1.165, 1.54) is 12.8 Å². The lowest BCUT2D eigenvalue weighted by Crippen LogP contribution is -2.42. The number of ether oxygens (including phenoxy) is 1. The highest BCUT2D eigenvalue weighted by Crippen LogP contribution is 2.34. The molecule has 0 bridgehead atoms. The zero-order valence-corrected chi connectivity index (χ0v) is 22.5. The summed E-state index contributed by atoms with van der Waals surface area (Å²) in [7, 11) is 0. The van der Waals surface area contributed by atoms with Crippen LogP contribution in [0.15, 0.2) is 24.3 Å². The summed E-state index contributed by atoms with van der Waals surface area (Å²) in [5.41, 5.74) is 2.20. The number of halogens is 2. The summed E-state index contributed by atoms with van der Waals surface area (Å²) < 4.78 is 33.4. The highest BCUT2D eigenvalue weighted by atomic mass is 19.3. The number of anilines is 1. The number of nitrogens with zero attached hydrogens (tertiary/aromatic N) is 2. The maximum absolute atomic E-state index is 13.2. The second kappa shape index (κ2) is 12.1. The van der Waals surface area contributed by atoms with Gasteiger partial charge in [0.15, 0.2) is 0 Å². The Morgan fingerprint density at radius 3 is 2.79 bits per heavy atom. The summed E-state index contributed by atoms with van der Waals surface area (Å²) >= 11 is 0. The molecule has 2 heterocycles. The maximum Gasteiger partial charge on any atom is 0.320 e. The van der Waals surface area contributed by atoms with Crippen LogP contribution >= 0.6 is 0 Å². The second-order valence-electron chi connectivity index (χ2n) is 11.0. The molecule has 1 saturated carbocycles. The summed E-state index contributed by atoms with van der Waals surface area (Å²) in [5.74, 6) is -1.09. The van der Waals surface area contributed by atoms with E-state index in [1.807, 2.05) is 38.1 Å². The lowest BCUT2D eigenvalue weighted by molar-refractivity contribution is 0.00768. The maximum atomic E-state index is 13.2. The number of benzene rings is 1. The third-order valence-corrected chi connectivity index (χ3v) is 6.83. The summed E-state index contributed by atoms with van der Waals surface area (Å²) in [4.78, 5) is 25.6. The predicted molar refractivity (Wildman–Crippen MR) is 142 cm³/mol. The number of nitrogens with one attached hydrogen (secondary N) is 3. The first-order chi connectivity index (χ1) is 18.1. The quantitative estimate of drug-likeness (QED) is 0.305. The van der Waals surface area contributed by atoms with Crippen LogP contribution in [0.3, 0.4) is 0 Å². The first-order valence-corrected chi connectivity index (χ1v) is 13.6. The Morgan fingerprint density at radius 1 is 1.29 bits per heavy atom. The summed E-state index contributed by atoms with van der Waals surface area (Å²) in [6.07, 6.45) is 5.52. The average molecular weight is 532 g/mol. The Hall–Kier alpha value is -3.17. The molecule has 1 aromatic heterocycles. The zero-order chi connectivity index (χ0) is 27.3. The summed E-state index contributed by atoms with van der Waals surface area (Å²) in [6, 6.07) is 7.15. The number of urea groups is 1. The molecule has 1 fully saturated rings. The largest absolute Gasteiger partial charge is 0.494 e. The Morgan fingerprint density at radius 2 is 2.08 bits per heavy atom. The standard InChI is InChI=1S/C28H39F2N5O3/c1-18(2)31-27(37)33-25-24-23(34-35(25)14-12-19-8-9-19)17-21(32-26(24)36)11-10-20-6-4-7-22(16-20)38-15-5-13-28(3,29)30/h4,6-7,16,18-19,21H,5,8-15,17H2,1-3H3,(H,32,36)(H2,31,33,37)/t21-/m0/s1. The van der Waals surface area contributed by atoms with Gasteiger partial charge >= 0.3 is 6.03 Å². The molecular weight excluding hydrogens is 492 g/mol. The fourth-order valence-electron chi connectivity index (χ4n) is 4.72. The van der Waals surface area contributed by atoms with Crippen LogP contribution < -0.4 is 20.7 Å². The molecule has 1 aliphatic heterocycles. The molecule has 1 aliphatic carbocycles. The minimum Gasteiger partial charge on any atom is -0.494 e. The number of aryl methyl sites for hydroxylation is 2. The number of carbonyl (C=O) groups excluding carboxylic acids is 2. The Labute approximate surface area is 222 Å². The lowest BCUT2D eigenvalue weighted by atomic mass is 9.96. The molecule has 38 heavy (non-hydrogen) atoms. The second-order valence-corrected chi connectivity index (χ2v) is 11.0. The van der Waals surface area contributed by atoms with E-state index in [-0.39, 0.29) is 43.5 Å². The van der Waals surface area contributed by atoms with Crippen molar-refractivity contribution in [3.8, 4) is 5.75 Å². The molecule has 10 heteroatoms. The summed E-state index contributed by atoms with van der Waals surface area (Å²) in [6.45, 7) is 5.58. The normalized spacial score (nSPS) is 17.2. The van der Waals surface area contributed by atoms with E-state index in [4.69, 9.17) is 9.84 Å². The van der Waals surface area contributed by atoms with Crippen LogP contribution in [-0.2, 0) is 19.4 Å². The van der Waals surface area contributed by atoms with Crippen molar-refractivity contribution in [2.75, 3.05) is 11.9 Å². The topological polar surface area (TPSA) is 97.3 Å².